The van der Waals surface area contributed by atoms with Crippen molar-refractivity contribution in [1.82, 2.24) is 24.4 Å². The van der Waals surface area contributed by atoms with Gasteiger partial charge in [0.2, 0.25) is 0 Å². The van der Waals surface area contributed by atoms with Crippen LogP contribution in [0.5, 0.6) is 0 Å². The lowest BCUT2D eigenvalue weighted by Gasteiger charge is -2.39. The van der Waals surface area contributed by atoms with E-state index in [1.165, 1.54) is 0 Å². The number of amides is 1. The van der Waals surface area contributed by atoms with E-state index in [2.05, 4.69) is 27.0 Å². The van der Waals surface area contributed by atoms with Crippen molar-refractivity contribution in [3.05, 3.63) is 51.7 Å². The molecule has 1 aliphatic rings. The molecule has 1 aliphatic heterocycles. The van der Waals surface area contributed by atoms with E-state index in [1.807, 2.05) is 44.4 Å². The fourth-order valence-electron chi connectivity index (χ4n) is 5.18. The largest absolute Gasteiger partial charge is 0.444 e. The van der Waals surface area contributed by atoms with Gasteiger partial charge in [-0.15, -0.1) is 0 Å². The average molecular weight is 614 g/mol. The number of nitrogens with zero attached hydrogens (tertiary/aromatic N) is 6. The van der Waals surface area contributed by atoms with Crippen molar-refractivity contribution in [2.75, 3.05) is 6.54 Å². The van der Waals surface area contributed by atoms with E-state index in [9.17, 15) is 10.1 Å². The minimum absolute atomic E-state index is 0.106. The minimum atomic E-state index is -0.643. The smallest absolute Gasteiger partial charge is 0.410 e. The van der Waals surface area contributed by atoms with Crippen LogP contribution >= 0.6 is 27.5 Å². The number of ether oxygens (including phenoxy) is 1. The summed E-state index contributed by atoms with van der Waals surface area (Å²) in [5.41, 5.74) is 2.83. The highest BCUT2D eigenvalue weighted by molar-refractivity contribution is 9.10. The predicted molar refractivity (Wildman–Crippen MR) is 151 cm³/mol. The summed E-state index contributed by atoms with van der Waals surface area (Å²) in [6.45, 7) is 7.73. The average Bonchev–Trinajstić information content (AvgIpc) is 3.32. The van der Waals surface area contributed by atoms with E-state index in [1.54, 1.807) is 23.5 Å². The first kappa shape index (κ1) is 27.3. The summed E-state index contributed by atoms with van der Waals surface area (Å²) in [5, 5.41) is 10.3. The molecule has 1 aromatic carbocycles. The summed E-state index contributed by atoms with van der Waals surface area (Å²) in [6, 6.07) is 7.16. The van der Waals surface area contributed by atoms with Crippen LogP contribution in [0, 0.1) is 24.1 Å². The Morgan fingerprint density at radius 3 is 2.79 bits per heavy atom. The van der Waals surface area contributed by atoms with Crippen LogP contribution in [0.2, 0.25) is 5.02 Å². The first-order chi connectivity index (χ1) is 18.5. The number of benzene rings is 1. The Hall–Kier alpha value is -3.29. The van der Waals surface area contributed by atoms with Crippen molar-refractivity contribution in [2.24, 2.45) is 0 Å². The molecule has 11 heteroatoms. The number of imidazole rings is 1. The summed E-state index contributed by atoms with van der Waals surface area (Å²) in [7, 11) is 0. The number of hydrogen-bond acceptors (Lipinski definition) is 6. The monoisotopic (exact) mass is 612 g/mol. The van der Waals surface area contributed by atoms with Crippen molar-refractivity contribution in [3.63, 3.8) is 0 Å². The lowest BCUT2D eigenvalue weighted by atomic mass is 9.95. The number of halogens is 3. The van der Waals surface area contributed by atoms with Crippen LogP contribution in [0.25, 0.3) is 33.2 Å². The van der Waals surface area contributed by atoms with Crippen LogP contribution in [0.15, 0.2) is 35.2 Å². The molecule has 0 N–H and O–H groups in total. The maximum Gasteiger partial charge on any atom is 0.410 e. The van der Waals surface area contributed by atoms with Gasteiger partial charge in [0.1, 0.15) is 22.3 Å². The molecular weight excluding hydrogens is 587 g/mol. The van der Waals surface area contributed by atoms with Crippen molar-refractivity contribution in [2.45, 2.75) is 64.6 Å². The lowest BCUT2D eigenvalue weighted by Crippen LogP contribution is -2.48. The number of rotatable bonds is 3. The molecule has 0 radical (unpaired) electrons. The predicted octanol–water partition coefficient (Wildman–Crippen LogP) is 7.36. The molecule has 0 spiro atoms. The third kappa shape index (κ3) is 5.06. The van der Waals surface area contributed by atoms with Gasteiger partial charge in [0.05, 0.1) is 33.8 Å². The quantitative estimate of drug-likeness (QED) is 0.224. The van der Waals surface area contributed by atoms with Gasteiger partial charge in [-0.3, -0.25) is 4.98 Å². The van der Waals surface area contributed by atoms with Gasteiger partial charge in [0.25, 0.3) is 0 Å². The van der Waals surface area contributed by atoms with Gasteiger partial charge in [-0.2, -0.15) is 5.26 Å². The first-order valence-corrected chi connectivity index (χ1v) is 13.8. The van der Waals surface area contributed by atoms with E-state index in [4.69, 9.17) is 26.3 Å². The molecule has 5 rings (SSSR count). The van der Waals surface area contributed by atoms with E-state index in [0.717, 1.165) is 11.3 Å². The minimum Gasteiger partial charge on any atom is -0.444 e. The Bertz CT molecular complexity index is 1640. The normalized spacial score (nSPS) is 17.9. The van der Waals surface area contributed by atoms with Crippen LogP contribution in [0.1, 0.15) is 51.8 Å². The van der Waals surface area contributed by atoms with Gasteiger partial charge in [-0.1, -0.05) is 11.6 Å². The molecule has 4 heterocycles. The second-order valence-electron chi connectivity index (χ2n) is 10.7. The highest BCUT2D eigenvalue weighted by Crippen LogP contribution is 2.41. The number of aryl methyl sites for hydroxylation is 1. The number of piperidine rings is 1. The van der Waals surface area contributed by atoms with Crippen molar-refractivity contribution >= 4 is 55.6 Å². The van der Waals surface area contributed by atoms with E-state index in [0.29, 0.717) is 41.5 Å². The summed E-state index contributed by atoms with van der Waals surface area (Å²) < 4.78 is 23.3. The number of aromatic nitrogens is 4. The second-order valence-corrected chi connectivity index (χ2v) is 11.9. The molecule has 0 aliphatic carbocycles. The first-order valence-electron chi connectivity index (χ1n) is 12.6. The number of likely N-dealkylation sites (tertiary alicyclic amines) is 1. The fraction of sp³-hybridized carbons (Fsp3) is 0.393. The maximum absolute atomic E-state index is 15.6. The molecule has 0 unspecified atom stereocenters. The highest BCUT2D eigenvalue weighted by Gasteiger charge is 2.36. The Labute approximate surface area is 238 Å². The third-order valence-electron chi connectivity index (χ3n) is 6.93. The standard InChI is InChI=1S/C28H27BrClFN6O2/c1-15-18(6-5-10-33-15)24-25-26(19-13-20(30)21(29)22(31)23(19)35-24)37(14-34-25)17-8-11-36(16(12-17)7-9-32)27(38)39-28(2,3)4/h5-6,10,13-14,16-17H,7-8,11-12H2,1-4H3/t16-,17+/m1/s1. The number of hydrogen-bond donors (Lipinski definition) is 0. The Kier molecular flexibility index (Phi) is 7.25. The van der Waals surface area contributed by atoms with Crippen LogP contribution in [0.3, 0.4) is 0 Å². The number of pyridine rings is 2. The molecule has 4 aromatic rings. The molecule has 0 bridgehead atoms. The fourth-order valence-corrected chi connectivity index (χ4v) is 5.68. The third-order valence-corrected chi connectivity index (χ3v) is 8.23. The summed E-state index contributed by atoms with van der Waals surface area (Å²) in [6.07, 6.45) is 4.27. The SMILES string of the molecule is Cc1ncccc1-c1nc2c(F)c(Br)c(Cl)cc2c2c1ncn2[C@H]1CCN(C(=O)OC(C)(C)C)[C@H](CC#N)C1. The van der Waals surface area contributed by atoms with Gasteiger partial charge >= 0.3 is 6.09 Å². The topological polar surface area (TPSA) is 96.9 Å². The molecular formula is C28H27BrClFN6O2. The Balaban J connectivity index is 1.66. The van der Waals surface area contributed by atoms with Crippen molar-refractivity contribution < 1.29 is 13.9 Å². The summed E-state index contributed by atoms with van der Waals surface area (Å²) in [5.74, 6) is -0.558. The lowest BCUT2D eigenvalue weighted by molar-refractivity contribution is 0.00618. The Morgan fingerprint density at radius 1 is 1.33 bits per heavy atom. The molecule has 1 amide bonds. The van der Waals surface area contributed by atoms with Gasteiger partial charge in [0.15, 0.2) is 5.82 Å². The van der Waals surface area contributed by atoms with Gasteiger partial charge in [-0.05, 0) is 74.7 Å². The summed E-state index contributed by atoms with van der Waals surface area (Å²) >= 11 is 9.65. The molecule has 2 atom stereocenters. The molecule has 202 valence electrons. The molecule has 1 saturated heterocycles. The number of carbonyl (C=O) groups is 1. The van der Waals surface area contributed by atoms with Crippen molar-refractivity contribution in [1.29, 1.82) is 5.26 Å². The number of nitriles is 1. The Morgan fingerprint density at radius 2 is 2.10 bits per heavy atom. The van der Waals surface area contributed by atoms with Crippen LogP contribution in [-0.4, -0.2) is 48.7 Å². The van der Waals surface area contributed by atoms with Crippen LogP contribution < -0.4 is 0 Å². The zero-order chi connectivity index (χ0) is 28.1. The maximum atomic E-state index is 15.6. The van der Waals surface area contributed by atoms with E-state index >= 15 is 4.39 Å². The van der Waals surface area contributed by atoms with Gasteiger partial charge in [-0.25, -0.2) is 19.2 Å². The highest BCUT2D eigenvalue weighted by atomic mass is 79.9. The van der Waals surface area contributed by atoms with Gasteiger partial charge in [0, 0.05) is 41.5 Å². The zero-order valence-corrected chi connectivity index (χ0v) is 24.3. The van der Waals surface area contributed by atoms with E-state index in [-0.39, 0.29) is 33.5 Å². The molecule has 3 aromatic heterocycles. The molecule has 8 nitrogen and oxygen atoms in total. The van der Waals surface area contributed by atoms with Crippen LogP contribution in [-0.2, 0) is 4.74 Å². The number of fused-ring (bicyclic) bond motifs is 3. The van der Waals surface area contributed by atoms with E-state index < -0.39 is 17.5 Å². The summed E-state index contributed by atoms with van der Waals surface area (Å²) in [4.78, 5) is 28.4. The number of carbonyl (C=O) groups excluding carboxylic acids is 1. The van der Waals surface area contributed by atoms with Crippen molar-refractivity contribution in [3.8, 4) is 17.3 Å². The second kappa shape index (κ2) is 10.4. The molecule has 0 saturated carbocycles. The zero-order valence-electron chi connectivity index (χ0n) is 22.0. The molecule has 39 heavy (non-hydrogen) atoms. The van der Waals surface area contributed by atoms with Crippen LogP contribution in [0.4, 0.5) is 9.18 Å². The van der Waals surface area contributed by atoms with Gasteiger partial charge < -0.3 is 14.2 Å². The molecule has 1 fully saturated rings.